The van der Waals surface area contributed by atoms with Crippen molar-refractivity contribution in [1.29, 1.82) is 0 Å². The summed E-state index contributed by atoms with van der Waals surface area (Å²) in [5, 5.41) is 12.9. The number of phenols is 1. The molecule has 1 aliphatic heterocycles. The largest absolute Gasteiger partial charge is 0.508 e. The number of aromatic hydroxyl groups is 1. The molecule has 1 aromatic heterocycles. The lowest BCUT2D eigenvalue weighted by molar-refractivity contribution is 0.336. The van der Waals surface area contributed by atoms with Crippen LogP contribution in [0.4, 0.5) is 0 Å². The van der Waals surface area contributed by atoms with Gasteiger partial charge in [0.15, 0.2) is 0 Å². The summed E-state index contributed by atoms with van der Waals surface area (Å²) in [6.45, 7) is 3.23. The molecule has 0 bridgehead atoms. The number of benzene rings is 1. The van der Waals surface area contributed by atoms with E-state index in [1.54, 1.807) is 12.1 Å². The number of fused-ring (bicyclic) bond motifs is 1. The molecule has 0 aliphatic carbocycles. The van der Waals surface area contributed by atoms with Crippen LogP contribution in [0.15, 0.2) is 24.5 Å². The lowest BCUT2D eigenvalue weighted by Crippen LogP contribution is -2.29. The van der Waals surface area contributed by atoms with Crippen molar-refractivity contribution in [3.8, 4) is 5.75 Å². The second-order valence-corrected chi connectivity index (χ2v) is 4.76. The normalized spacial score (nSPS) is 17.6. The molecule has 1 aliphatic rings. The summed E-state index contributed by atoms with van der Waals surface area (Å²) in [4.78, 5) is 4.36. The van der Waals surface area contributed by atoms with Gasteiger partial charge in [0, 0.05) is 12.6 Å². The van der Waals surface area contributed by atoms with E-state index in [1.165, 1.54) is 12.8 Å². The molecular formula is C13H17N3O. The van der Waals surface area contributed by atoms with Gasteiger partial charge in [-0.1, -0.05) is 0 Å². The molecule has 0 spiro atoms. The number of imidazole rings is 1. The van der Waals surface area contributed by atoms with Crippen LogP contribution in [0, 0.1) is 5.92 Å². The van der Waals surface area contributed by atoms with Gasteiger partial charge in [0.1, 0.15) is 5.75 Å². The predicted molar refractivity (Wildman–Crippen MR) is 67.0 cm³/mol. The fraction of sp³-hybridized carbons (Fsp3) is 0.462. The smallest absolute Gasteiger partial charge is 0.117 e. The fourth-order valence-corrected chi connectivity index (χ4v) is 2.53. The zero-order valence-electron chi connectivity index (χ0n) is 9.76. The van der Waals surface area contributed by atoms with Crippen molar-refractivity contribution in [2.45, 2.75) is 19.4 Å². The second-order valence-electron chi connectivity index (χ2n) is 4.76. The number of aromatic nitrogens is 2. The monoisotopic (exact) mass is 231 g/mol. The first-order valence-corrected chi connectivity index (χ1v) is 6.17. The Balaban J connectivity index is 1.86. The van der Waals surface area contributed by atoms with Crippen molar-refractivity contribution in [2.24, 2.45) is 5.92 Å². The third-order valence-corrected chi connectivity index (χ3v) is 3.52. The minimum Gasteiger partial charge on any atom is -0.508 e. The van der Waals surface area contributed by atoms with E-state index in [2.05, 4.69) is 14.9 Å². The quantitative estimate of drug-likeness (QED) is 0.827. The van der Waals surface area contributed by atoms with Crippen LogP contribution >= 0.6 is 0 Å². The number of hydrogen-bond donors (Lipinski definition) is 2. The van der Waals surface area contributed by atoms with Crippen molar-refractivity contribution in [1.82, 2.24) is 14.9 Å². The Morgan fingerprint density at radius 2 is 2.18 bits per heavy atom. The molecule has 1 aromatic carbocycles. The molecule has 0 radical (unpaired) electrons. The Hall–Kier alpha value is -1.55. The van der Waals surface area contributed by atoms with Gasteiger partial charge in [-0.15, -0.1) is 0 Å². The molecule has 3 rings (SSSR count). The van der Waals surface area contributed by atoms with Gasteiger partial charge in [0.05, 0.1) is 17.4 Å². The van der Waals surface area contributed by atoms with Gasteiger partial charge in [-0.05, 0) is 44.0 Å². The molecule has 1 fully saturated rings. The standard InChI is InChI=1S/C13H17N3O/c17-11-1-2-12-13(7-11)16(9-15-12)8-10-3-5-14-6-4-10/h1-2,7,9-10,14,17H,3-6,8H2. The molecule has 90 valence electrons. The summed E-state index contributed by atoms with van der Waals surface area (Å²) >= 11 is 0. The number of phenolic OH excluding ortho intramolecular Hbond substituents is 1. The van der Waals surface area contributed by atoms with Gasteiger partial charge in [-0.3, -0.25) is 0 Å². The van der Waals surface area contributed by atoms with Crippen molar-refractivity contribution < 1.29 is 5.11 Å². The molecule has 0 saturated carbocycles. The maximum Gasteiger partial charge on any atom is 0.117 e. The Bertz CT molecular complexity index is 514. The molecule has 17 heavy (non-hydrogen) atoms. The Kier molecular flexibility index (Phi) is 2.73. The average Bonchev–Trinajstić information content (AvgIpc) is 2.73. The van der Waals surface area contributed by atoms with E-state index in [1.807, 2.05) is 12.4 Å². The third kappa shape index (κ3) is 2.13. The van der Waals surface area contributed by atoms with E-state index in [4.69, 9.17) is 0 Å². The average molecular weight is 231 g/mol. The first kappa shape index (κ1) is 10.6. The summed E-state index contributed by atoms with van der Waals surface area (Å²) in [6, 6.07) is 5.34. The zero-order valence-corrected chi connectivity index (χ0v) is 9.76. The van der Waals surface area contributed by atoms with Gasteiger partial charge >= 0.3 is 0 Å². The molecule has 0 unspecified atom stereocenters. The molecule has 4 heteroatoms. The van der Waals surface area contributed by atoms with Crippen molar-refractivity contribution in [2.75, 3.05) is 13.1 Å². The highest BCUT2D eigenvalue weighted by Crippen LogP contribution is 2.22. The van der Waals surface area contributed by atoms with E-state index in [9.17, 15) is 5.11 Å². The fourth-order valence-electron chi connectivity index (χ4n) is 2.53. The SMILES string of the molecule is Oc1ccc2ncn(CC3CCNCC3)c2c1. The van der Waals surface area contributed by atoms with Crippen molar-refractivity contribution >= 4 is 11.0 Å². The van der Waals surface area contributed by atoms with E-state index in [0.29, 0.717) is 5.75 Å². The van der Waals surface area contributed by atoms with Crippen LogP contribution in [0.5, 0.6) is 5.75 Å². The van der Waals surface area contributed by atoms with Gasteiger partial charge < -0.3 is 15.0 Å². The molecule has 0 amide bonds. The molecular weight excluding hydrogens is 214 g/mol. The van der Waals surface area contributed by atoms with Gasteiger partial charge in [-0.2, -0.15) is 0 Å². The summed E-state index contributed by atoms with van der Waals surface area (Å²) in [7, 11) is 0. The predicted octanol–water partition coefficient (Wildman–Crippen LogP) is 1.74. The molecule has 0 atom stereocenters. The zero-order chi connectivity index (χ0) is 11.7. The topological polar surface area (TPSA) is 50.1 Å². The van der Waals surface area contributed by atoms with Crippen LogP contribution in [0.25, 0.3) is 11.0 Å². The Labute approximate surface area is 100 Å². The van der Waals surface area contributed by atoms with Gasteiger partial charge in [0.2, 0.25) is 0 Å². The molecule has 2 aromatic rings. The molecule has 2 N–H and O–H groups in total. The maximum absolute atomic E-state index is 9.53. The summed E-state index contributed by atoms with van der Waals surface area (Å²) in [6.07, 6.45) is 4.32. The number of rotatable bonds is 2. The lowest BCUT2D eigenvalue weighted by atomic mass is 9.98. The summed E-state index contributed by atoms with van der Waals surface area (Å²) in [5.41, 5.74) is 1.99. The van der Waals surface area contributed by atoms with Crippen molar-refractivity contribution in [3.63, 3.8) is 0 Å². The first-order valence-electron chi connectivity index (χ1n) is 6.17. The summed E-state index contributed by atoms with van der Waals surface area (Å²) in [5.74, 6) is 1.03. The van der Waals surface area contributed by atoms with E-state index < -0.39 is 0 Å². The second kappa shape index (κ2) is 4.37. The van der Waals surface area contributed by atoms with Crippen LogP contribution in [0.3, 0.4) is 0 Å². The van der Waals surface area contributed by atoms with Crippen LogP contribution in [-0.4, -0.2) is 27.7 Å². The Morgan fingerprint density at radius 3 is 3.00 bits per heavy atom. The first-order chi connectivity index (χ1) is 8.33. The number of hydrogen-bond acceptors (Lipinski definition) is 3. The highest BCUT2D eigenvalue weighted by molar-refractivity contribution is 5.76. The van der Waals surface area contributed by atoms with Crippen LogP contribution in [0.1, 0.15) is 12.8 Å². The lowest BCUT2D eigenvalue weighted by Gasteiger charge is -2.23. The van der Waals surface area contributed by atoms with Crippen LogP contribution < -0.4 is 5.32 Å². The van der Waals surface area contributed by atoms with Gasteiger partial charge in [-0.25, -0.2) is 4.98 Å². The van der Waals surface area contributed by atoms with E-state index >= 15 is 0 Å². The van der Waals surface area contributed by atoms with E-state index in [0.717, 1.165) is 36.6 Å². The summed E-state index contributed by atoms with van der Waals surface area (Å²) < 4.78 is 2.16. The highest BCUT2D eigenvalue weighted by atomic mass is 16.3. The molecule has 4 nitrogen and oxygen atoms in total. The minimum absolute atomic E-state index is 0.310. The number of piperidine rings is 1. The molecule has 2 heterocycles. The number of nitrogens with one attached hydrogen (secondary N) is 1. The van der Waals surface area contributed by atoms with E-state index in [-0.39, 0.29) is 0 Å². The molecule has 1 saturated heterocycles. The number of nitrogens with zero attached hydrogens (tertiary/aromatic N) is 2. The maximum atomic E-state index is 9.53. The third-order valence-electron chi connectivity index (χ3n) is 3.52. The van der Waals surface area contributed by atoms with Gasteiger partial charge in [0.25, 0.3) is 0 Å². The van der Waals surface area contributed by atoms with Crippen LogP contribution in [0.2, 0.25) is 0 Å². The van der Waals surface area contributed by atoms with Crippen molar-refractivity contribution in [3.05, 3.63) is 24.5 Å². The Morgan fingerprint density at radius 1 is 1.35 bits per heavy atom. The van der Waals surface area contributed by atoms with Crippen LogP contribution in [-0.2, 0) is 6.54 Å². The highest BCUT2D eigenvalue weighted by Gasteiger charge is 2.14. The minimum atomic E-state index is 0.310.